The van der Waals surface area contributed by atoms with E-state index in [0.717, 1.165) is 0 Å². The van der Waals surface area contributed by atoms with Crippen molar-refractivity contribution in [2.75, 3.05) is 20.3 Å². The normalized spacial score (nSPS) is 17.3. The quantitative estimate of drug-likeness (QED) is 0.628. The van der Waals surface area contributed by atoms with Crippen molar-refractivity contribution in [1.29, 1.82) is 0 Å². The number of esters is 1. The first kappa shape index (κ1) is 11.0. The lowest BCUT2D eigenvalue weighted by atomic mass is 9.92. The Labute approximate surface area is 84.4 Å². The van der Waals surface area contributed by atoms with Gasteiger partial charge in [-0.05, 0) is 0 Å². The maximum atomic E-state index is 11.0. The zero-order valence-electron chi connectivity index (χ0n) is 8.66. The molecule has 0 bridgehead atoms. The van der Waals surface area contributed by atoms with E-state index in [-0.39, 0.29) is 11.4 Å². The van der Waals surface area contributed by atoms with Gasteiger partial charge in [-0.15, -0.1) is 0 Å². The van der Waals surface area contributed by atoms with E-state index in [1.807, 2.05) is 24.3 Å². The van der Waals surface area contributed by atoms with E-state index < -0.39 is 0 Å². The van der Waals surface area contributed by atoms with Gasteiger partial charge in [0.2, 0.25) is 0 Å². The first-order valence-corrected chi connectivity index (χ1v) is 4.74. The number of hydrogen-bond acceptors (Lipinski definition) is 3. The van der Waals surface area contributed by atoms with Crippen LogP contribution in [0.2, 0.25) is 0 Å². The Bertz CT molecular complexity index is 241. The zero-order chi connectivity index (χ0) is 10.4. The van der Waals surface area contributed by atoms with Crippen molar-refractivity contribution in [1.82, 2.24) is 0 Å². The van der Waals surface area contributed by atoms with Crippen LogP contribution in [0.4, 0.5) is 0 Å². The topological polar surface area (TPSA) is 35.5 Å². The molecule has 14 heavy (non-hydrogen) atoms. The van der Waals surface area contributed by atoms with Crippen LogP contribution in [0.15, 0.2) is 24.3 Å². The van der Waals surface area contributed by atoms with Crippen LogP contribution in [0, 0.1) is 5.41 Å². The van der Waals surface area contributed by atoms with Gasteiger partial charge in [0.25, 0.3) is 0 Å². The van der Waals surface area contributed by atoms with Crippen LogP contribution in [0.3, 0.4) is 0 Å². The molecule has 0 atom stereocenters. The van der Waals surface area contributed by atoms with E-state index >= 15 is 0 Å². The largest absolute Gasteiger partial charge is 0.464 e. The molecule has 78 valence electrons. The van der Waals surface area contributed by atoms with Crippen molar-refractivity contribution >= 4 is 5.97 Å². The predicted octanol–water partition coefficient (Wildman–Crippen LogP) is 1.70. The van der Waals surface area contributed by atoms with Crippen LogP contribution < -0.4 is 0 Å². The average Bonchev–Trinajstić information content (AvgIpc) is 2.64. The third-order valence-corrected chi connectivity index (χ3v) is 2.17. The molecule has 0 aliphatic heterocycles. The first-order chi connectivity index (χ1) is 6.72. The highest BCUT2D eigenvalue weighted by atomic mass is 16.5. The minimum absolute atomic E-state index is 0.172. The number of hydrogen-bond donors (Lipinski definition) is 0. The predicted molar refractivity (Wildman–Crippen MR) is 53.8 cm³/mol. The third kappa shape index (κ3) is 2.70. The van der Waals surface area contributed by atoms with Crippen LogP contribution in [0.5, 0.6) is 0 Å². The van der Waals surface area contributed by atoms with Crippen molar-refractivity contribution in [3.05, 3.63) is 24.3 Å². The Balaban J connectivity index is 2.49. The summed E-state index contributed by atoms with van der Waals surface area (Å²) < 4.78 is 10.2. The van der Waals surface area contributed by atoms with Crippen LogP contribution in [-0.4, -0.2) is 26.3 Å². The maximum Gasteiger partial charge on any atom is 0.305 e. The summed E-state index contributed by atoms with van der Waals surface area (Å²) in [5.41, 5.74) is -0.250. The van der Waals surface area contributed by atoms with E-state index in [1.165, 1.54) is 0 Å². The van der Waals surface area contributed by atoms with Crippen LogP contribution >= 0.6 is 0 Å². The minimum atomic E-state index is -0.250. The number of carbonyl (C=O) groups excluding carboxylic acids is 1. The highest BCUT2D eigenvalue weighted by molar-refractivity contribution is 5.68. The van der Waals surface area contributed by atoms with Crippen molar-refractivity contribution in [3.63, 3.8) is 0 Å². The molecule has 0 aromatic carbocycles. The summed E-state index contributed by atoms with van der Waals surface area (Å²) in [7, 11) is 1.64. The molecule has 3 nitrogen and oxygen atoms in total. The summed E-state index contributed by atoms with van der Waals surface area (Å²) in [5.74, 6) is -0.172. The monoisotopic (exact) mass is 196 g/mol. The van der Waals surface area contributed by atoms with Gasteiger partial charge >= 0.3 is 5.97 Å². The van der Waals surface area contributed by atoms with Crippen molar-refractivity contribution in [3.8, 4) is 0 Å². The van der Waals surface area contributed by atoms with E-state index in [1.54, 1.807) is 14.0 Å². The average molecular weight is 196 g/mol. The van der Waals surface area contributed by atoms with Gasteiger partial charge in [0.05, 0.1) is 12.0 Å². The molecule has 0 heterocycles. The Morgan fingerprint density at radius 3 is 2.43 bits per heavy atom. The molecule has 0 unspecified atom stereocenters. The Morgan fingerprint density at radius 2 is 1.93 bits per heavy atom. The highest BCUT2D eigenvalue weighted by Gasteiger charge is 2.27. The van der Waals surface area contributed by atoms with Gasteiger partial charge in [-0.1, -0.05) is 31.2 Å². The second kappa shape index (κ2) is 4.96. The molecular formula is C11H16O3. The number of methoxy groups -OCH3 is 1. The molecular weight excluding hydrogens is 180 g/mol. The number of allylic oxidation sites excluding steroid dienone is 2. The summed E-state index contributed by atoms with van der Waals surface area (Å²) >= 11 is 0. The first-order valence-electron chi connectivity index (χ1n) is 4.74. The highest BCUT2D eigenvalue weighted by Crippen LogP contribution is 2.26. The maximum absolute atomic E-state index is 11.0. The van der Waals surface area contributed by atoms with Crippen molar-refractivity contribution < 1.29 is 14.3 Å². The fourth-order valence-electron chi connectivity index (χ4n) is 1.37. The SMILES string of the molecule is CCC(=O)OCC1(COC)C=CC=C1. The lowest BCUT2D eigenvalue weighted by molar-refractivity contribution is -0.145. The third-order valence-electron chi connectivity index (χ3n) is 2.17. The number of rotatable bonds is 5. The molecule has 0 amide bonds. The van der Waals surface area contributed by atoms with Crippen LogP contribution in [-0.2, 0) is 14.3 Å². The van der Waals surface area contributed by atoms with Gasteiger partial charge in [-0.25, -0.2) is 0 Å². The lowest BCUT2D eigenvalue weighted by Gasteiger charge is -2.23. The van der Waals surface area contributed by atoms with E-state index in [0.29, 0.717) is 19.6 Å². The molecule has 0 radical (unpaired) electrons. The molecule has 0 saturated carbocycles. The molecule has 0 spiro atoms. The molecule has 0 aromatic heterocycles. The molecule has 0 saturated heterocycles. The van der Waals surface area contributed by atoms with Gasteiger partial charge in [0.1, 0.15) is 6.61 Å². The molecule has 0 N–H and O–H groups in total. The summed E-state index contributed by atoms with van der Waals surface area (Å²) in [5, 5.41) is 0. The molecule has 1 rings (SSSR count). The minimum Gasteiger partial charge on any atom is -0.464 e. The summed E-state index contributed by atoms with van der Waals surface area (Å²) in [4.78, 5) is 11.0. The van der Waals surface area contributed by atoms with E-state index in [4.69, 9.17) is 9.47 Å². The molecule has 0 aromatic rings. The number of ether oxygens (including phenoxy) is 2. The Morgan fingerprint density at radius 1 is 1.29 bits per heavy atom. The lowest BCUT2D eigenvalue weighted by Crippen LogP contribution is -2.27. The molecule has 0 fully saturated rings. The van der Waals surface area contributed by atoms with Gasteiger partial charge < -0.3 is 9.47 Å². The van der Waals surface area contributed by atoms with Crippen molar-refractivity contribution in [2.24, 2.45) is 5.41 Å². The fraction of sp³-hybridized carbons (Fsp3) is 0.545. The van der Waals surface area contributed by atoms with E-state index in [9.17, 15) is 4.79 Å². The summed E-state index contributed by atoms with van der Waals surface area (Å²) in [6.07, 6.45) is 8.30. The Kier molecular flexibility index (Phi) is 3.89. The van der Waals surface area contributed by atoms with E-state index in [2.05, 4.69) is 0 Å². The molecule has 1 aliphatic carbocycles. The Hall–Kier alpha value is -1.09. The van der Waals surface area contributed by atoms with Crippen LogP contribution in [0.25, 0.3) is 0 Å². The van der Waals surface area contributed by atoms with Crippen LogP contribution in [0.1, 0.15) is 13.3 Å². The molecule has 1 aliphatic rings. The van der Waals surface area contributed by atoms with Crippen molar-refractivity contribution in [2.45, 2.75) is 13.3 Å². The van der Waals surface area contributed by atoms with Gasteiger partial charge in [0.15, 0.2) is 0 Å². The van der Waals surface area contributed by atoms with Gasteiger partial charge in [-0.2, -0.15) is 0 Å². The summed E-state index contributed by atoms with van der Waals surface area (Å²) in [6.45, 7) is 2.68. The zero-order valence-corrected chi connectivity index (χ0v) is 8.66. The van der Waals surface area contributed by atoms with Gasteiger partial charge in [0, 0.05) is 13.5 Å². The van der Waals surface area contributed by atoms with Gasteiger partial charge in [-0.3, -0.25) is 4.79 Å². The second-order valence-corrected chi connectivity index (χ2v) is 3.40. The molecule has 3 heteroatoms. The fourth-order valence-corrected chi connectivity index (χ4v) is 1.37. The second-order valence-electron chi connectivity index (χ2n) is 3.40. The standard InChI is InChI=1S/C11H16O3/c1-3-10(12)14-9-11(8-13-2)6-4-5-7-11/h4-7H,3,8-9H2,1-2H3. The summed E-state index contributed by atoms with van der Waals surface area (Å²) in [6, 6.07) is 0. The number of carbonyl (C=O) groups is 1. The smallest absolute Gasteiger partial charge is 0.305 e.